The maximum atomic E-state index is 5.67. The van der Waals surface area contributed by atoms with Crippen LogP contribution < -0.4 is 5.73 Å². The van der Waals surface area contributed by atoms with Crippen molar-refractivity contribution in [2.45, 2.75) is 25.9 Å². The molecule has 0 saturated carbocycles. The molecule has 2 aromatic rings. The number of hydrogen-bond acceptors (Lipinski definition) is 4. The Morgan fingerprint density at radius 3 is 2.88 bits per heavy atom. The van der Waals surface area contributed by atoms with Crippen molar-refractivity contribution in [3.63, 3.8) is 0 Å². The second-order valence-electron chi connectivity index (χ2n) is 4.48. The number of nitrogen functional groups attached to an aromatic ring is 1. The lowest BCUT2D eigenvalue weighted by atomic mass is 10.1. The number of oxazole rings is 1. The summed E-state index contributed by atoms with van der Waals surface area (Å²) in [5.74, 6) is 0.674. The van der Waals surface area contributed by atoms with Crippen LogP contribution in [0.15, 0.2) is 22.6 Å². The Morgan fingerprint density at radius 2 is 2.19 bits per heavy atom. The third-order valence-corrected chi connectivity index (χ3v) is 2.59. The molecule has 0 aliphatic carbocycles. The van der Waals surface area contributed by atoms with E-state index in [2.05, 4.69) is 4.98 Å². The van der Waals surface area contributed by atoms with E-state index in [9.17, 15) is 0 Å². The zero-order valence-corrected chi connectivity index (χ0v) is 9.78. The predicted octanol–water partition coefficient (Wildman–Crippen LogP) is 2.38. The fraction of sp³-hybridized carbons (Fsp3) is 0.417. The highest BCUT2D eigenvalue weighted by Crippen LogP contribution is 2.22. The first-order chi connectivity index (χ1) is 7.50. The molecule has 16 heavy (non-hydrogen) atoms. The average Bonchev–Trinajstić information content (AvgIpc) is 2.58. The Hall–Kier alpha value is -1.55. The molecular weight excluding hydrogens is 204 g/mol. The van der Waals surface area contributed by atoms with E-state index in [0.29, 0.717) is 18.0 Å². The fourth-order valence-corrected chi connectivity index (χ4v) is 1.50. The molecule has 0 unspecified atom stereocenters. The van der Waals surface area contributed by atoms with E-state index in [-0.39, 0.29) is 5.60 Å². The molecule has 2 N–H and O–H groups in total. The Morgan fingerprint density at radius 1 is 1.44 bits per heavy atom. The molecule has 0 saturated heterocycles. The van der Waals surface area contributed by atoms with Crippen LogP contribution in [0.2, 0.25) is 0 Å². The smallest absolute Gasteiger partial charge is 0.198 e. The minimum Gasteiger partial charge on any atom is -0.441 e. The summed E-state index contributed by atoms with van der Waals surface area (Å²) in [5, 5.41) is 0. The molecule has 0 aliphatic rings. The highest BCUT2D eigenvalue weighted by Gasteiger charge is 2.20. The summed E-state index contributed by atoms with van der Waals surface area (Å²) in [6.07, 6.45) is 0.637. The number of rotatable bonds is 3. The van der Waals surface area contributed by atoms with E-state index < -0.39 is 0 Å². The lowest BCUT2D eigenvalue weighted by molar-refractivity contribution is 0.0184. The van der Waals surface area contributed by atoms with Crippen molar-refractivity contribution >= 4 is 16.8 Å². The fourth-order valence-electron chi connectivity index (χ4n) is 1.50. The number of nitrogens with zero attached hydrogens (tertiary/aromatic N) is 1. The van der Waals surface area contributed by atoms with E-state index in [1.807, 2.05) is 26.0 Å². The van der Waals surface area contributed by atoms with Crippen molar-refractivity contribution in [3.05, 3.63) is 24.1 Å². The molecule has 86 valence electrons. The number of hydrogen-bond donors (Lipinski definition) is 1. The second-order valence-corrected chi connectivity index (χ2v) is 4.48. The van der Waals surface area contributed by atoms with Crippen LogP contribution in [0, 0.1) is 0 Å². The van der Waals surface area contributed by atoms with Gasteiger partial charge in [-0.25, -0.2) is 4.98 Å². The first-order valence-electron chi connectivity index (χ1n) is 5.20. The van der Waals surface area contributed by atoms with Crippen LogP contribution in [0.4, 0.5) is 5.69 Å². The third-order valence-electron chi connectivity index (χ3n) is 2.59. The minimum atomic E-state index is -0.271. The quantitative estimate of drug-likeness (QED) is 0.807. The molecule has 0 amide bonds. The largest absolute Gasteiger partial charge is 0.441 e. The van der Waals surface area contributed by atoms with Crippen molar-refractivity contribution in [2.75, 3.05) is 12.8 Å². The minimum absolute atomic E-state index is 0.271. The summed E-state index contributed by atoms with van der Waals surface area (Å²) < 4.78 is 11.0. The summed E-state index contributed by atoms with van der Waals surface area (Å²) in [6.45, 7) is 3.99. The third kappa shape index (κ3) is 2.17. The maximum absolute atomic E-state index is 5.67. The molecule has 0 bridgehead atoms. The van der Waals surface area contributed by atoms with Gasteiger partial charge >= 0.3 is 0 Å². The van der Waals surface area contributed by atoms with E-state index in [1.165, 1.54) is 0 Å². The topological polar surface area (TPSA) is 61.3 Å². The molecule has 0 radical (unpaired) electrons. The summed E-state index contributed by atoms with van der Waals surface area (Å²) in [4.78, 5) is 4.38. The van der Waals surface area contributed by atoms with Crippen LogP contribution in [0.5, 0.6) is 0 Å². The number of benzene rings is 1. The SMILES string of the molecule is COC(C)(C)Cc1nc2ccc(N)cc2o1. The molecule has 0 fully saturated rings. The van der Waals surface area contributed by atoms with Gasteiger partial charge in [0.25, 0.3) is 0 Å². The normalized spacial score (nSPS) is 12.2. The van der Waals surface area contributed by atoms with Crippen LogP contribution >= 0.6 is 0 Å². The van der Waals surface area contributed by atoms with Crippen molar-refractivity contribution in [2.24, 2.45) is 0 Å². The standard InChI is InChI=1S/C12H16N2O2/c1-12(2,15-3)7-11-14-9-5-4-8(13)6-10(9)16-11/h4-6H,7,13H2,1-3H3. The summed E-state index contributed by atoms with van der Waals surface area (Å²) in [6, 6.07) is 5.46. The molecule has 2 rings (SSSR count). The van der Waals surface area contributed by atoms with Gasteiger partial charge < -0.3 is 14.9 Å². The highest BCUT2D eigenvalue weighted by atomic mass is 16.5. The summed E-state index contributed by atoms with van der Waals surface area (Å²) in [7, 11) is 1.68. The van der Waals surface area contributed by atoms with Crippen molar-refractivity contribution < 1.29 is 9.15 Å². The van der Waals surface area contributed by atoms with Crippen LogP contribution in [-0.4, -0.2) is 17.7 Å². The Bertz CT molecular complexity index is 503. The maximum Gasteiger partial charge on any atom is 0.198 e. The van der Waals surface area contributed by atoms with Crippen LogP contribution in [0.3, 0.4) is 0 Å². The van der Waals surface area contributed by atoms with E-state index in [1.54, 1.807) is 13.2 Å². The lowest BCUT2D eigenvalue weighted by Crippen LogP contribution is -2.25. The first kappa shape index (κ1) is 11.0. The van der Waals surface area contributed by atoms with Gasteiger partial charge in [-0.3, -0.25) is 0 Å². The van der Waals surface area contributed by atoms with Gasteiger partial charge in [0, 0.05) is 18.9 Å². The molecule has 1 heterocycles. The molecule has 0 aliphatic heterocycles. The van der Waals surface area contributed by atoms with E-state index in [0.717, 1.165) is 11.1 Å². The number of nitrogens with two attached hydrogens (primary N) is 1. The number of fused-ring (bicyclic) bond motifs is 1. The van der Waals surface area contributed by atoms with Gasteiger partial charge in [-0.05, 0) is 26.0 Å². The van der Waals surface area contributed by atoms with Crippen LogP contribution in [0.25, 0.3) is 11.1 Å². The van der Waals surface area contributed by atoms with Crippen LogP contribution in [0.1, 0.15) is 19.7 Å². The first-order valence-corrected chi connectivity index (χ1v) is 5.20. The summed E-state index contributed by atoms with van der Waals surface area (Å²) >= 11 is 0. The second kappa shape index (κ2) is 3.79. The molecule has 0 spiro atoms. The van der Waals surface area contributed by atoms with Gasteiger partial charge in [0.1, 0.15) is 5.52 Å². The van der Waals surface area contributed by atoms with E-state index >= 15 is 0 Å². The van der Waals surface area contributed by atoms with Gasteiger partial charge in [-0.15, -0.1) is 0 Å². The number of aromatic nitrogens is 1. The number of methoxy groups -OCH3 is 1. The van der Waals surface area contributed by atoms with Gasteiger partial charge in [0.2, 0.25) is 0 Å². The highest BCUT2D eigenvalue weighted by molar-refractivity contribution is 5.76. The zero-order valence-electron chi connectivity index (χ0n) is 9.78. The van der Waals surface area contributed by atoms with Gasteiger partial charge in [0.15, 0.2) is 11.5 Å². The Kier molecular flexibility index (Phi) is 2.59. The molecule has 4 nitrogen and oxygen atoms in total. The lowest BCUT2D eigenvalue weighted by Gasteiger charge is -2.20. The molecule has 1 aromatic heterocycles. The zero-order chi connectivity index (χ0) is 11.8. The number of ether oxygens (including phenoxy) is 1. The number of anilines is 1. The van der Waals surface area contributed by atoms with Crippen LogP contribution in [-0.2, 0) is 11.2 Å². The molecule has 0 atom stereocenters. The van der Waals surface area contributed by atoms with Crippen molar-refractivity contribution in [1.29, 1.82) is 0 Å². The van der Waals surface area contributed by atoms with E-state index in [4.69, 9.17) is 14.9 Å². The van der Waals surface area contributed by atoms with Crippen molar-refractivity contribution in [1.82, 2.24) is 4.98 Å². The Balaban J connectivity index is 2.33. The van der Waals surface area contributed by atoms with Crippen molar-refractivity contribution in [3.8, 4) is 0 Å². The Labute approximate surface area is 94.4 Å². The monoisotopic (exact) mass is 220 g/mol. The average molecular weight is 220 g/mol. The van der Waals surface area contributed by atoms with Gasteiger partial charge in [0.05, 0.1) is 12.0 Å². The predicted molar refractivity (Wildman–Crippen MR) is 63.2 cm³/mol. The molecule has 4 heteroatoms. The van der Waals surface area contributed by atoms with Gasteiger partial charge in [-0.2, -0.15) is 0 Å². The molecule has 1 aromatic carbocycles. The summed E-state index contributed by atoms with van der Waals surface area (Å²) in [5.41, 5.74) is 7.64. The molecular formula is C12H16N2O2. The van der Waals surface area contributed by atoms with Gasteiger partial charge in [-0.1, -0.05) is 0 Å².